The number of amides is 2. The van der Waals surface area contributed by atoms with Crippen molar-refractivity contribution in [1.82, 2.24) is 14.8 Å². The Hall–Kier alpha value is -4.63. The highest BCUT2D eigenvalue weighted by molar-refractivity contribution is 7.17. The van der Waals surface area contributed by atoms with Crippen LogP contribution in [0.2, 0.25) is 0 Å². The second-order valence-electron chi connectivity index (χ2n) is 10.9. The van der Waals surface area contributed by atoms with Gasteiger partial charge in [0.2, 0.25) is 0 Å². The Labute approximate surface area is 246 Å². The van der Waals surface area contributed by atoms with Gasteiger partial charge in [0.15, 0.2) is 0 Å². The van der Waals surface area contributed by atoms with Crippen molar-refractivity contribution in [2.75, 3.05) is 16.8 Å². The van der Waals surface area contributed by atoms with Crippen molar-refractivity contribution in [3.63, 3.8) is 0 Å². The molecule has 1 saturated carbocycles. The van der Waals surface area contributed by atoms with E-state index in [2.05, 4.69) is 10.4 Å². The molecule has 5 aromatic rings. The largest absolute Gasteiger partial charge is 0.319 e. The lowest BCUT2D eigenvalue weighted by Crippen LogP contribution is -2.33. The fraction of sp³-hybridized carbons (Fsp3) is 0.212. The Morgan fingerprint density at radius 1 is 1.02 bits per heavy atom. The van der Waals surface area contributed by atoms with Crippen LogP contribution in [0.25, 0.3) is 21.7 Å². The van der Waals surface area contributed by atoms with E-state index in [1.54, 1.807) is 30.0 Å². The maximum atomic E-state index is 14.4. The first-order chi connectivity index (χ1) is 20.4. The number of halogens is 1. The predicted molar refractivity (Wildman–Crippen MR) is 163 cm³/mol. The number of carbonyl (C=O) groups excluding carboxylic acids is 2. The number of hydrogen-bond donors (Lipinski definition) is 1. The quantitative estimate of drug-likeness (QED) is 0.244. The van der Waals surface area contributed by atoms with E-state index < -0.39 is 5.82 Å². The van der Waals surface area contributed by atoms with E-state index in [0.29, 0.717) is 35.0 Å². The monoisotopic (exact) mass is 577 g/mol. The molecule has 0 bridgehead atoms. The van der Waals surface area contributed by atoms with E-state index in [1.165, 1.54) is 17.4 Å². The van der Waals surface area contributed by atoms with Crippen LogP contribution in [0.4, 0.5) is 15.8 Å². The molecule has 0 atom stereocenters. The molecule has 2 amide bonds. The maximum absolute atomic E-state index is 14.4. The van der Waals surface area contributed by atoms with Crippen LogP contribution in [0.15, 0.2) is 72.9 Å². The molecule has 0 spiro atoms. The van der Waals surface area contributed by atoms with Crippen molar-refractivity contribution >= 4 is 34.5 Å². The van der Waals surface area contributed by atoms with Crippen LogP contribution in [-0.2, 0) is 13.5 Å². The number of anilines is 2. The smallest absolute Gasteiger partial charge is 0.276 e. The van der Waals surface area contributed by atoms with Crippen LogP contribution in [0.3, 0.4) is 0 Å². The van der Waals surface area contributed by atoms with Crippen molar-refractivity contribution in [1.29, 1.82) is 0 Å². The number of benzene rings is 2. The molecule has 1 aliphatic carbocycles. The minimum Gasteiger partial charge on any atom is -0.319 e. The number of nitrogens with zero attached hydrogens (tertiary/aromatic N) is 4. The summed E-state index contributed by atoms with van der Waals surface area (Å²) in [6.07, 6.45) is 4.80. The number of pyridine rings is 1. The van der Waals surface area contributed by atoms with E-state index in [-0.39, 0.29) is 17.5 Å². The van der Waals surface area contributed by atoms with E-state index >= 15 is 0 Å². The second kappa shape index (κ2) is 10.3. The third-order valence-electron chi connectivity index (χ3n) is 7.85. The molecule has 7 nitrogen and oxygen atoms in total. The summed E-state index contributed by atoms with van der Waals surface area (Å²) in [6, 6.07) is 19.9. The molecule has 2 aromatic carbocycles. The highest BCUT2D eigenvalue weighted by atomic mass is 32.1. The average molecular weight is 578 g/mol. The molecular weight excluding hydrogens is 549 g/mol. The Morgan fingerprint density at radius 3 is 2.64 bits per heavy atom. The SMILES string of the molecule is Cc1cccc(F)c1NC(=O)c1cc2c(s1)-c1ccccc1N(C(=O)c1cccc(-c3cn(C)nc3C3CC3)n1)CC2. The lowest BCUT2D eigenvalue weighted by molar-refractivity contribution is 0.0981. The summed E-state index contributed by atoms with van der Waals surface area (Å²) in [4.78, 5) is 35.2. The molecule has 3 aromatic heterocycles. The van der Waals surface area contributed by atoms with Crippen LogP contribution in [-0.4, -0.2) is 33.1 Å². The number of hydrogen-bond acceptors (Lipinski definition) is 5. The summed E-state index contributed by atoms with van der Waals surface area (Å²) in [6.45, 7) is 2.19. The minimum absolute atomic E-state index is 0.177. The van der Waals surface area contributed by atoms with Crippen LogP contribution in [0.1, 0.15) is 55.7 Å². The van der Waals surface area contributed by atoms with E-state index in [4.69, 9.17) is 4.98 Å². The molecule has 42 heavy (non-hydrogen) atoms. The maximum Gasteiger partial charge on any atom is 0.276 e. The van der Waals surface area contributed by atoms with Gasteiger partial charge in [0, 0.05) is 41.7 Å². The first-order valence-electron chi connectivity index (χ1n) is 14.0. The van der Waals surface area contributed by atoms with Crippen LogP contribution in [0, 0.1) is 12.7 Å². The van der Waals surface area contributed by atoms with Gasteiger partial charge in [-0.25, -0.2) is 9.37 Å². The predicted octanol–water partition coefficient (Wildman–Crippen LogP) is 6.99. The molecule has 0 unspecified atom stereocenters. The molecular formula is C33H28FN5O2S. The van der Waals surface area contributed by atoms with Crippen molar-refractivity contribution < 1.29 is 14.0 Å². The van der Waals surface area contributed by atoms with Gasteiger partial charge >= 0.3 is 0 Å². The van der Waals surface area contributed by atoms with Gasteiger partial charge in [0.25, 0.3) is 11.8 Å². The topological polar surface area (TPSA) is 80.1 Å². The normalized spacial score (nSPS) is 14.2. The minimum atomic E-state index is -0.467. The van der Waals surface area contributed by atoms with E-state index in [1.807, 2.05) is 60.4 Å². The molecule has 7 rings (SSSR count). The zero-order valence-electron chi connectivity index (χ0n) is 23.2. The first kappa shape index (κ1) is 26.3. The standard InChI is InChI=1S/C33H28FN5O2S/c1-19-7-5-9-24(34)29(19)36-32(40)28-17-21-15-16-39(27-12-4-3-8-22(27)31(21)42-28)33(41)26-11-6-10-25(35-26)23-18-38(2)37-30(23)20-13-14-20/h3-12,17-18,20H,13-16H2,1-2H3,(H,36,40). The number of aryl methyl sites for hydroxylation is 2. The van der Waals surface area contributed by atoms with Gasteiger partial charge in [-0.3, -0.25) is 14.3 Å². The number of aromatic nitrogens is 3. The van der Waals surface area contributed by atoms with Gasteiger partial charge in [-0.05, 0) is 67.6 Å². The molecule has 1 N–H and O–H groups in total. The van der Waals surface area contributed by atoms with Gasteiger partial charge < -0.3 is 10.2 Å². The van der Waals surface area contributed by atoms with Gasteiger partial charge in [-0.15, -0.1) is 11.3 Å². The summed E-state index contributed by atoms with van der Waals surface area (Å²) in [7, 11) is 1.91. The molecule has 210 valence electrons. The van der Waals surface area contributed by atoms with Gasteiger partial charge in [-0.1, -0.05) is 36.4 Å². The summed E-state index contributed by atoms with van der Waals surface area (Å²) in [5.41, 5.74) is 6.62. The second-order valence-corrected chi connectivity index (χ2v) is 11.9. The van der Waals surface area contributed by atoms with Gasteiger partial charge in [-0.2, -0.15) is 5.10 Å². The number of thiophene rings is 1. The lowest BCUT2D eigenvalue weighted by atomic mass is 10.1. The number of rotatable bonds is 5. The zero-order valence-corrected chi connectivity index (χ0v) is 24.0. The Kier molecular flexibility index (Phi) is 6.46. The van der Waals surface area contributed by atoms with Gasteiger partial charge in [0.1, 0.15) is 11.5 Å². The molecule has 4 heterocycles. The summed E-state index contributed by atoms with van der Waals surface area (Å²) in [5.74, 6) is -0.537. The van der Waals surface area contributed by atoms with Crippen molar-refractivity contribution in [2.24, 2.45) is 7.05 Å². The highest BCUT2D eigenvalue weighted by Gasteiger charge is 2.31. The first-order valence-corrected chi connectivity index (χ1v) is 14.8. The van der Waals surface area contributed by atoms with Crippen molar-refractivity contribution in [2.45, 2.75) is 32.1 Å². The Morgan fingerprint density at radius 2 is 1.83 bits per heavy atom. The summed E-state index contributed by atoms with van der Waals surface area (Å²) in [5, 5.41) is 7.40. The van der Waals surface area contributed by atoms with Crippen molar-refractivity contribution in [3.8, 4) is 21.7 Å². The fourth-order valence-corrected chi connectivity index (χ4v) is 6.73. The van der Waals surface area contributed by atoms with Crippen molar-refractivity contribution in [3.05, 3.63) is 106 Å². The third kappa shape index (κ3) is 4.69. The number of nitrogens with one attached hydrogen (secondary N) is 1. The van der Waals surface area contributed by atoms with Crippen LogP contribution < -0.4 is 10.2 Å². The molecule has 1 aliphatic heterocycles. The number of carbonyl (C=O) groups is 2. The number of para-hydroxylation sites is 2. The summed E-state index contributed by atoms with van der Waals surface area (Å²) < 4.78 is 16.2. The Bertz CT molecular complexity index is 1850. The third-order valence-corrected chi connectivity index (χ3v) is 9.06. The fourth-order valence-electron chi connectivity index (χ4n) is 5.59. The highest BCUT2D eigenvalue weighted by Crippen LogP contribution is 2.44. The molecule has 0 radical (unpaired) electrons. The molecule has 1 fully saturated rings. The molecule has 2 aliphatic rings. The lowest BCUT2D eigenvalue weighted by Gasteiger charge is -2.23. The van der Waals surface area contributed by atoms with E-state index in [9.17, 15) is 14.0 Å². The Balaban J connectivity index is 1.20. The summed E-state index contributed by atoms with van der Waals surface area (Å²) >= 11 is 1.35. The average Bonchev–Trinajstić information content (AvgIpc) is 3.67. The van der Waals surface area contributed by atoms with Gasteiger partial charge in [0.05, 0.1) is 27.6 Å². The van der Waals surface area contributed by atoms with E-state index in [0.717, 1.165) is 51.5 Å². The zero-order chi connectivity index (χ0) is 29.0. The molecule has 9 heteroatoms. The number of fused-ring (bicyclic) bond motifs is 3. The van der Waals surface area contributed by atoms with Crippen LogP contribution >= 0.6 is 11.3 Å². The molecule has 0 saturated heterocycles. The van der Waals surface area contributed by atoms with Crippen LogP contribution in [0.5, 0.6) is 0 Å².